The number of benzene rings is 2. The number of rotatable bonds is 5. The molecule has 0 fully saturated rings. The van der Waals surface area contributed by atoms with Gasteiger partial charge in [0.05, 0.1) is 10.8 Å². The largest absolute Gasteiger partial charge is 0.325 e. The number of halogens is 1. The van der Waals surface area contributed by atoms with Crippen molar-refractivity contribution in [2.24, 2.45) is 0 Å². The van der Waals surface area contributed by atoms with Crippen LogP contribution < -0.4 is 5.32 Å². The highest BCUT2D eigenvalue weighted by atomic mass is 32.2. The number of nitrogens with one attached hydrogen (secondary N) is 1. The molecule has 4 rings (SSSR count). The molecule has 5 nitrogen and oxygen atoms in total. The first-order valence-corrected chi connectivity index (χ1v) is 9.91. The number of para-hydroxylation sites is 1. The first kappa shape index (κ1) is 18.4. The number of carbonyl (C=O) groups is 1. The Labute approximate surface area is 166 Å². The van der Waals surface area contributed by atoms with Crippen LogP contribution in [0.4, 0.5) is 10.1 Å². The fourth-order valence-corrected chi connectivity index (χ4v) is 4.13. The summed E-state index contributed by atoms with van der Waals surface area (Å²) in [6.07, 6.45) is 0.621. The molecule has 142 valence electrons. The number of hydrogen-bond acceptors (Lipinski definition) is 4. The van der Waals surface area contributed by atoms with Gasteiger partial charge in [-0.25, -0.2) is 4.39 Å². The van der Waals surface area contributed by atoms with E-state index in [1.807, 2.05) is 35.6 Å². The van der Waals surface area contributed by atoms with Crippen molar-refractivity contribution >= 4 is 39.9 Å². The molecule has 0 radical (unpaired) electrons. The maximum Gasteiger partial charge on any atom is 0.237 e. The molecule has 1 amide bonds. The third-order valence-electron chi connectivity index (χ3n) is 4.60. The molecule has 0 bridgehead atoms. The van der Waals surface area contributed by atoms with Gasteiger partial charge in [-0.05, 0) is 55.3 Å². The predicted molar refractivity (Wildman–Crippen MR) is 110 cm³/mol. The molecule has 0 aliphatic carbocycles. The summed E-state index contributed by atoms with van der Waals surface area (Å²) in [7, 11) is 0. The highest BCUT2D eigenvalue weighted by Gasteiger charge is 2.22. The molecule has 1 N–H and O–H groups in total. The van der Waals surface area contributed by atoms with Gasteiger partial charge in [-0.2, -0.15) is 0 Å². The number of nitrogens with zero attached hydrogens (tertiary/aromatic N) is 3. The first-order valence-electron chi connectivity index (χ1n) is 9.03. The lowest BCUT2D eigenvalue weighted by Crippen LogP contribution is -2.24. The lowest BCUT2D eigenvalue weighted by Gasteiger charge is -2.14. The van der Waals surface area contributed by atoms with Crippen LogP contribution in [0, 0.1) is 12.7 Å². The maximum absolute atomic E-state index is 13.1. The standard InChI is InChI=1S/C21H19FN4OS/c1-3-18(20(27)23-15-10-8-14(22)9-11-15)28-21-25-24-19-12-13(2)16-6-4-5-7-17(16)26(19)21/h4-12,18H,3H2,1-2H3,(H,23,27). The van der Waals surface area contributed by atoms with E-state index in [1.54, 1.807) is 12.1 Å². The molecule has 0 aliphatic rings. The van der Waals surface area contributed by atoms with Crippen molar-refractivity contribution in [2.75, 3.05) is 5.32 Å². The van der Waals surface area contributed by atoms with Crippen molar-refractivity contribution in [3.63, 3.8) is 0 Å². The van der Waals surface area contributed by atoms with E-state index in [-0.39, 0.29) is 17.0 Å². The molecular weight excluding hydrogens is 375 g/mol. The van der Waals surface area contributed by atoms with Crippen LogP contribution in [0.5, 0.6) is 0 Å². The van der Waals surface area contributed by atoms with Gasteiger partial charge in [0.15, 0.2) is 10.8 Å². The molecule has 28 heavy (non-hydrogen) atoms. The van der Waals surface area contributed by atoms with Crippen molar-refractivity contribution < 1.29 is 9.18 Å². The van der Waals surface area contributed by atoms with Gasteiger partial charge >= 0.3 is 0 Å². The molecule has 2 aromatic heterocycles. The van der Waals surface area contributed by atoms with Crippen LogP contribution in [-0.4, -0.2) is 25.8 Å². The van der Waals surface area contributed by atoms with E-state index in [9.17, 15) is 9.18 Å². The summed E-state index contributed by atoms with van der Waals surface area (Å²) in [4.78, 5) is 12.7. The Morgan fingerprint density at radius 2 is 1.93 bits per heavy atom. The summed E-state index contributed by atoms with van der Waals surface area (Å²) in [5, 5.41) is 12.9. The van der Waals surface area contributed by atoms with Crippen LogP contribution in [0.2, 0.25) is 0 Å². The molecule has 2 heterocycles. The number of aromatic nitrogens is 3. The van der Waals surface area contributed by atoms with Gasteiger partial charge < -0.3 is 5.32 Å². The lowest BCUT2D eigenvalue weighted by atomic mass is 10.1. The summed E-state index contributed by atoms with van der Waals surface area (Å²) in [5.41, 5.74) is 3.47. The van der Waals surface area contributed by atoms with Crippen molar-refractivity contribution in [1.29, 1.82) is 0 Å². The summed E-state index contributed by atoms with van der Waals surface area (Å²) in [6, 6.07) is 15.8. The molecule has 4 aromatic rings. The zero-order chi connectivity index (χ0) is 19.7. The second-order valence-corrected chi connectivity index (χ2v) is 7.70. The molecule has 1 atom stereocenters. The topological polar surface area (TPSA) is 59.3 Å². The van der Waals surface area contributed by atoms with Gasteiger partial charge in [-0.15, -0.1) is 10.2 Å². The number of thioether (sulfide) groups is 1. The SMILES string of the molecule is CCC(Sc1nnc2cc(C)c3ccccc3n12)C(=O)Nc1ccc(F)cc1. The number of pyridine rings is 1. The third kappa shape index (κ3) is 3.45. The Hall–Kier alpha value is -2.93. The van der Waals surface area contributed by atoms with Gasteiger partial charge in [-0.3, -0.25) is 9.20 Å². The minimum absolute atomic E-state index is 0.146. The third-order valence-corrected chi connectivity index (χ3v) is 5.90. The van der Waals surface area contributed by atoms with Gasteiger partial charge in [0.2, 0.25) is 5.91 Å². The number of aryl methyl sites for hydroxylation is 1. The molecule has 0 aliphatic heterocycles. The molecule has 7 heteroatoms. The average Bonchev–Trinajstić information content (AvgIpc) is 3.10. The number of hydrogen-bond donors (Lipinski definition) is 1. The Balaban J connectivity index is 1.65. The van der Waals surface area contributed by atoms with Gasteiger partial charge in [-0.1, -0.05) is 36.9 Å². The van der Waals surface area contributed by atoms with E-state index in [0.29, 0.717) is 17.3 Å². The molecule has 0 spiro atoms. The number of amides is 1. The van der Waals surface area contributed by atoms with Crippen LogP contribution in [0.15, 0.2) is 59.8 Å². The summed E-state index contributed by atoms with van der Waals surface area (Å²) in [6.45, 7) is 4.00. The minimum atomic E-state index is -0.350. The van der Waals surface area contributed by atoms with E-state index >= 15 is 0 Å². The molecular formula is C21H19FN4OS. The Morgan fingerprint density at radius 1 is 1.18 bits per heavy atom. The van der Waals surface area contributed by atoms with Crippen LogP contribution >= 0.6 is 11.8 Å². The number of anilines is 1. The Kier molecular flexibility index (Phi) is 5.00. The zero-order valence-electron chi connectivity index (χ0n) is 15.5. The fourth-order valence-electron chi connectivity index (χ4n) is 3.16. The van der Waals surface area contributed by atoms with Crippen LogP contribution in [-0.2, 0) is 4.79 Å². The first-order chi connectivity index (χ1) is 13.6. The average molecular weight is 394 g/mol. The fraction of sp³-hybridized carbons (Fsp3) is 0.190. The van der Waals surface area contributed by atoms with E-state index in [4.69, 9.17) is 0 Å². The smallest absolute Gasteiger partial charge is 0.237 e. The van der Waals surface area contributed by atoms with E-state index in [0.717, 1.165) is 22.1 Å². The van der Waals surface area contributed by atoms with E-state index in [2.05, 4.69) is 28.5 Å². The quantitative estimate of drug-likeness (QED) is 0.492. The highest BCUT2D eigenvalue weighted by Crippen LogP contribution is 2.29. The van der Waals surface area contributed by atoms with Gasteiger partial charge in [0, 0.05) is 11.1 Å². The molecule has 2 aromatic carbocycles. The van der Waals surface area contributed by atoms with Crippen LogP contribution in [0.3, 0.4) is 0 Å². The normalized spacial score (nSPS) is 12.4. The highest BCUT2D eigenvalue weighted by molar-refractivity contribution is 8.00. The van der Waals surface area contributed by atoms with E-state index in [1.165, 1.54) is 23.9 Å². The molecule has 0 saturated heterocycles. The summed E-state index contributed by atoms with van der Waals surface area (Å²) >= 11 is 1.38. The summed E-state index contributed by atoms with van der Waals surface area (Å²) < 4.78 is 15.1. The van der Waals surface area contributed by atoms with Crippen molar-refractivity contribution in [2.45, 2.75) is 30.7 Å². The predicted octanol–water partition coefficient (Wildman–Crippen LogP) is 4.84. The van der Waals surface area contributed by atoms with Crippen LogP contribution in [0.1, 0.15) is 18.9 Å². The van der Waals surface area contributed by atoms with Crippen molar-refractivity contribution in [3.8, 4) is 0 Å². The number of carbonyl (C=O) groups excluding carboxylic acids is 1. The monoisotopic (exact) mass is 394 g/mol. The number of fused-ring (bicyclic) bond motifs is 3. The second-order valence-electron chi connectivity index (χ2n) is 6.53. The van der Waals surface area contributed by atoms with Crippen molar-refractivity contribution in [1.82, 2.24) is 14.6 Å². The lowest BCUT2D eigenvalue weighted by molar-refractivity contribution is -0.115. The molecule has 0 saturated carbocycles. The van der Waals surface area contributed by atoms with Crippen LogP contribution in [0.25, 0.3) is 16.6 Å². The van der Waals surface area contributed by atoms with E-state index < -0.39 is 0 Å². The zero-order valence-corrected chi connectivity index (χ0v) is 16.3. The maximum atomic E-state index is 13.1. The Morgan fingerprint density at radius 3 is 2.68 bits per heavy atom. The summed E-state index contributed by atoms with van der Waals surface area (Å²) in [5.74, 6) is -0.483. The minimum Gasteiger partial charge on any atom is -0.325 e. The van der Waals surface area contributed by atoms with Gasteiger partial charge in [0.25, 0.3) is 0 Å². The van der Waals surface area contributed by atoms with Crippen molar-refractivity contribution in [3.05, 3.63) is 66.0 Å². The molecule has 1 unspecified atom stereocenters. The van der Waals surface area contributed by atoms with Gasteiger partial charge in [0.1, 0.15) is 5.82 Å². The Bertz CT molecular complexity index is 1160. The second kappa shape index (κ2) is 7.59.